The SMILES string of the molecule is CC[C@@H]([C@H](CC(C)C)Nc1nc(Cl)c(C#N)cc1F)N(C(=O)O)C(C)(C)C. The summed E-state index contributed by atoms with van der Waals surface area (Å²) in [7, 11) is 0. The fourth-order valence-corrected chi connectivity index (χ4v) is 3.40. The van der Waals surface area contributed by atoms with Gasteiger partial charge in [-0.2, -0.15) is 5.26 Å². The van der Waals surface area contributed by atoms with Gasteiger partial charge >= 0.3 is 6.09 Å². The fraction of sp³-hybridized carbons (Fsp3) is 0.632. The second-order valence-corrected chi connectivity index (χ2v) is 8.31. The Balaban J connectivity index is 3.34. The van der Waals surface area contributed by atoms with Crippen LogP contribution in [0.25, 0.3) is 0 Å². The monoisotopic (exact) mass is 398 g/mol. The predicted octanol–water partition coefficient (Wildman–Crippen LogP) is 5.13. The van der Waals surface area contributed by atoms with Crippen molar-refractivity contribution in [1.82, 2.24) is 9.88 Å². The fourth-order valence-electron chi connectivity index (χ4n) is 3.22. The zero-order valence-corrected chi connectivity index (χ0v) is 17.4. The van der Waals surface area contributed by atoms with Crippen LogP contribution in [-0.2, 0) is 0 Å². The first-order chi connectivity index (χ1) is 12.4. The Bertz CT molecular complexity index is 713. The number of hydrogen-bond donors (Lipinski definition) is 2. The maximum Gasteiger partial charge on any atom is 0.408 e. The third-order valence-electron chi connectivity index (χ3n) is 4.24. The van der Waals surface area contributed by atoms with E-state index in [0.717, 1.165) is 6.07 Å². The molecular weight excluding hydrogens is 371 g/mol. The summed E-state index contributed by atoms with van der Waals surface area (Å²) in [6.45, 7) is 11.4. The maximum absolute atomic E-state index is 14.4. The molecule has 0 radical (unpaired) electrons. The normalized spacial score (nSPS) is 13.8. The highest BCUT2D eigenvalue weighted by Crippen LogP contribution is 2.28. The van der Waals surface area contributed by atoms with E-state index >= 15 is 0 Å². The molecule has 2 atom stereocenters. The molecule has 0 saturated heterocycles. The Labute approximate surface area is 165 Å². The average Bonchev–Trinajstić information content (AvgIpc) is 2.52. The quantitative estimate of drug-likeness (QED) is 0.621. The number of nitrogens with zero attached hydrogens (tertiary/aromatic N) is 3. The average molecular weight is 399 g/mol. The largest absolute Gasteiger partial charge is 0.465 e. The Morgan fingerprint density at radius 1 is 1.48 bits per heavy atom. The van der Waals surface area contributed by atoms with Crippen molar-refractivity contribution in [1.29, 1.82) is 5.26 Å². The van der Waals surface area contributed by atoms with E-state index in [4.69, 9.17) is 16.9 Å². The van der Waals surface area contributed by atoms with Gasteiger partial charge in [-0.25, -0.2) is 14.2 Å². The number of rotatable bonds is 7. The van der Waals surface area contributed by atoms with Crippen LogP contribution in [0.3, 0.4) is 0 Å². The molecule has 2 N–H and O–H groups in total. The summed E-state index contributed by atoms with van der Waals surface area (Å²) in [6.07, 6.45) is 0.118. The summed E-state index contributed by atoms with van der Waals surface area (Å²) in [4.78, 5) is 17.3. The summed E-state index contributed by atoms with van der Waals surface area (Å²) in [5, 5.41) is 21.7. The lowest BCUT2D eigenvalue weighted by Gasteiger charge is -2.43. The molecule has 0 saturated carbocycles. The van der Waals surface area contributed by atoms with Crippen LogP contribution < -0.4 is 5.32 Å². The van der Waals surface area contributed by atoms with Crippen LogP contribution in [0.1, 0.15) is 59.9 Å². The van der Waals surface area contributed by atoms with E-state index in [-0.39, 0.29) is 28.5 Å². The molecule has 0 unspecified atom stereocenters. The maximum atomic E-state index is 14.4. The third-order valence-corrected chi connectivity index (χ3v) is 4.53. The van der Waals surface area contributed by atoms with Crippen molar-refractivity contribution >= 4 is 23.5 Å². The van der Waals surface area contributed by atoms with Crippen molar-refractivity contribution in [3.8, 4) is 6.07 Å². The van der Waals surface area contributed by atoms with Gasteiger partial charge < -0.3 is 10.4 Å². The van der Waals surface area contributed by atoms with E-state index in [0.29, 0.717) is 12.8 Å². The molecule has 1 aromatic rings. The molecule has 0 bridgehead atoms. The predicted molar refractivity (Wildman–Crippen MR) is 104 cm³/mol. The van der Waals surface area contributed by atoms with E-state index in [1.165, 1.54) is 4.90 Å². The molecule has 0 spiro atoms. The summed E-state index contributed by atoms with van der Waals surface area (Å²) in [5.41, 5.74) is -0.674. The molecule has 0 aliphatic carbocycles. The van der Waals surface area contributed by atoms with Crippen LogP contribution in [0.4, 0.5) is 15.0 Å². The van der Waals surface area contributed by atoms with Gasteiger partial charge in [0.25, 0.3) is 0 Å². The standard InChI is InChI=1S/C19H28ClFN4O2/c1-7-15(25(18(26)27)19(4,5)6)14(8-11(2)3)23-17-13(21)9-12(10-22)16(20)24-17/h9,11,14-15H,7-8H2,1-6H3,(H,23,24)(H,26,27)/t14-,15-/m0/s1. The lowest BCUT2D eigenvalue weighted by Crippen LogP contribution is -2.57. The number of aromatic nitrogens is 1. The Morgan fingerprint density at radius 3 is 2.48 bits per heavy atom. The van der Waals surface area contributed by atoms with E-state index in [9.17, 15) is 14.3 Å². The number of carboxylic acid groups (broad SMARTS) is 1. The summed E-state index contributed by atoms with van der Waals surface area (Å²) in [6, 6.07) is 2.04. The van der Waals surface area contributed by atoms with Crippen molar-refractivity contribution < 1.29 is 14.3 Å². The van der Waals surface area contributed by atoms with Gasteiger partial charge in [0.1, 0.15) is 11.2 Å². The van der Waals surface area contributed by atoms with Gasteiger partial charge in [0.2, 0.25) is 0 Å². The van der Waals surface area contributed by atoms with Crippen LogP contribution in [0, 0.1) is 23.1 Å². The zero-order chi connectivity index (χ0) is 20.9. The number of nitriles is 1. The van der Waals surface area contributed by atoms with Gasteiger partial charge in [-0.3, -0.25) is 4.90 Å². The summed E-state index contributed by atoms with van der Waals surface area (Å²) >= 11 is 5.94. The molecule has 0 aliphatic rings. The van der Waals surface area contributed by atoms with E-state index in [2.05, 4.69) is 10.3 Å². The van der Waals surface area contributed by atoms with Gasteiger partial charge in [0, 0.05) is 11.6 Å². The van der Waals surface area contributed by atoms with Crippen molar-refractivity contribution in [3.05, 3.63) is 22.6 Å². The molecule has 0 aliphatic heterocycles. The van der Waals surface area contributed by atoms with E-state index < -0.39 is 23.5 Å². The Morgan fingerprint density at radius 2 is 2.07 bits per heavy atom. The summed E-state index contributed by atoms with van der Waals surface area (Å²) < 4.78 is 14.4. The first-order valence-corrected chi connectivity index (χ1v) is 9.35. The number of anilines is 1. The molecule has 0 aromatic carbocycles. The van der Waals surface area contributed by atoms with Crippen LogP contribution in [0.2, 0.25) is 5.15 Å². The minimum absolute atomic E-state index is 0.0472. The molecule has 1 amide bonds. The van der Waals surface area contributed by atoms with Crippen molar-refractivity contribution in [3.63, 3.8) is 0 Å². The molecule has 1 rings (SSSR count). The Kier molecular flexibility index (Phi) is 7.85. The smallest absolute Gasteiger partial charge is 0.408 e. The van der Waals surface area contributed by atoms with Crippen molar-refractivity contribution in [2.75, 3.05) is 5.32 Å². The van der Waals surface area contributed by atoms with Crippen LogP contribution in [0.15, 0.2) is 6.07 Å². The first-order valence-electron chi connectivity index (χ1n) is 8.97. The second-order valence-electron chi connectivity index (χ2n) is 7.95. The third kappa shape index (κ3) is 5.96. The van der Waals surface area contributed by atoms with Crippen molar-refractivity contribution in [2.24, 2.45) is 5.92 Å². The van der Waals surface area contributed by atoms with E-state index in [1.807, 2.05) is 41.5 Å². The lowest BCUT2D eigenvalue weighted by atomic mass is 9.91. The van der Waals surface area contributed by atoms with Crippen LogP contribution in [-0.4, -0.2) is 38.7 Å². The number of carbonyl (C=O) groups is 1. The number of halogens is 2. The van der Waals surface area contributed by atoms with Gasteiger partial charge in [-0.05, 0) is 45.6 Å². The van der Waals surface area contributed by atoms with Gasteiger partial charge in [-0.1, -0.05) is 32.4 Å². The molecule has 1 aromatic heterocycles. The second kappa shape index (κ2) is 9.23. The highest BCUT2D eigenvalue weighted by molar-refractivity contribution is 6.30. The lowest BCUT2D eigenvalue weighted by molar-refractivity contribution is 0.0594. The van der Waals surface area contributed by atoms with Gasteiger partial charge in [-0.15, -0.1) is 0 Å². The Hall–Kier alpha value is -2.07. The molecule has 1 heterocycles. The molecule has 150 valence electrons. The molecule has 27 heavy (non-hydrogen) atoms. The van der Waals surface area contributed by atoms with Crippen LogP contribution in [0.5, 0.6) is 0 Å². The number of nitrogens with one attached hydrogen (secondary N) is 1. The minimum atomic E-state index is -1.03. The zero-order valence-electron chi connectivity index (χ0n) is 16.7. The van der Waals surface area contributed by atoms with Crippen molar-refractivity contribution in [2.45, 2.75) is 72.0 Å². The van der Waals surface area contributed by atoms with Gasteiger partial charge in [0.15, 0.2) is 11.6 Å². The van der Waals surface area contributed by atoms with E-state index in [1.54, 1.807) is 6.07 Å². The highest BCUT2D eigenvalue weighted by atomic mass is 35.5. The molecule has 6 nitrogen and oxygen atoms in total. The van der Waals surface area contributed by atoms with Gasteiger partial charge in [0.05, 0.1) is 11.6 Å². The first kappa shape index (κ1) is 23.0. The molecular formula is C19H28ClFN4O2. The number of amides is 1. The highest BCUT2D eigenvalue weighted by Gasteiger charge is 2.37. The molecule has 8 heteroatoms. The topological polar surface area (TPSA) is 89.3 Å². The molecule has 0 fully saturated rings. The summed E-state index contributed by atoms with van der Waals surface area (Å²) in [5.74, 6) is -0.538. The number of hydrogen-bond acceptors (Lipinski definition) is 4. The number of pyridine rings is 1. The minimum Gasteiger partial charge on any atom is -0.465 e. The van der Waals surface area contributed by atoms with Crippen LogP contribution >= 0.6 is 11.6 Å².